The molecule has 26 heavy (non-hydrogen) atoms. The van der Waals surface area contributed by atoms with Crippen LogP contribution in [0.3, 0.4) is 0 Å². The van der Waals surface area contributed by atoms with Crippen LogP contribution in [0, 0.1) is 19.7 Å². The number of benzene rings is 2. The summed E-state index contributed by atoms with van der Waals surface area (Å²) >= 11 is 0. The fourth-order valence-electron chi connectivity index (χ4n) is 2.66. The van der Waals surface area contributed by atoms with Gasteiger partial charge in [0.05, 0.1) is 11.3 Å². The van der Waals surface area contributed by atoms with Crippen LogP contribution in [0.4, 0.5) is 15.8 Å². The van der Waals surface area contributed by atoms with Gasteiger partial charge in [0.1, 0.15) is 5.82 Å². The third kappa shape index (κ3) is 4.25. The molecule has 0 radical (unpaired) electrons. The molecule has 0 fully saturated rings. The zero-order chi connectivity index (χ0) is 18.5. The van der Waals surface area contributed by atoms with Gasteiger partial charge in [-0.2, -0.15) is 0 Å². The Morgan fingerprint density at radius 1 is 1.04 bits per heavy atom. The number of para-hydroxylation sites is 1. The predicted molar refractivity (Wildman–Crippen MR) is 102 cm³/mol. The zero-order valence-corrected chi connectivity index (χ0v) is 14.7. The van der Waals surface area contributed by atoms with Crippen LogP contribution in [0.25, 0.3) is 0 Å². The fourth-order valence-corrected chi connectivity index (χ4v) is 2.66. The Morgan fingerprint density at radius 2 is 1.73 bits per heavy atom. The van der Waals surface area contributed by atoms with Crippen molar-refractivity contribution in [3.63, 3.8) is 0 Å². The lowest BCUT2D eigenvalue weighted by molar-refractivity contribution is 0.102. The monoisotopic (exact) mass is 349 g/mol. The Morgan fingerprint density at radius 3 is 2.42 bits per heavy atom. The fraction of sp³-hybridized carbons (Fsp3) is 0.143. The Hall–Kier alpha value is -3.21. The van der Waals surface area contributed by atoms with Crippen molar-refractivity contribution >= 4 is 17.3 Å². The third-order valence-corrected chi connectivity index (χ3v) is 4.13. The van der Waals surface area contributed by atoms with Gasteiger partial charge in [0.15, 0.2) is 0 Å². The van der Waals surface area contributed by atoms with Gasteiger partial charge in [0, 0.05) is 24.6 Å². The van der Waals surface area contributed by atoms with Crippen molar-refractivity contribution in [2.45, 2.75) is 20.4 Å². The summed E-state index contributed by atoms with van der Waals surface area (Å²) in [7, 11) is 0. The first kappa shape index (κ1) is 17.6. The minimum absolute atomic E-state index is 0.208. The number of nitrogens with one attached hydrogen (secondary N) is 2. The van der Waals surface area contributed by atoms with E-state index in [4.69, 9.17) is 0 Å². The van der Waals surface area contributed by atoms with Gasteiger partial charge in [-0.05, 0) is 48.7 Å². The lowest BCUT2D eigenvalue weighted by atomic mass is 10.1. The number of aryl methyl sites for hydroxylation is 2. The number of amides is 1. The number of pyridine rings is 1. The van der Waals surface area contributed by atoms with Crippen LogP contribution in [0.1, 0.15) is 27.0 Å². The molecule has 0 aliphatic heterocycles. The van der Waals surface area contributed by atoms with E-state index in [2.05, 4.69) is 15.6 Å². The second-order valence-corrected chi connectivity index (χ2v) is 6.16. The molecule has 4 nitrogen and oxygen atoms in total. The molecule has 3 rings (SSSR count). The lowest BCUT2D eigenvalue weighted by Gasteiger charge is -2.12. The molecule has 0 unspecified atom stereocenters. The van der Waals surface area contributed by atoms with Gasteiger partial charge in [-0.1, -0.05) is 30.3 Å². The molecular weight excluding hydrogens is 329 g/mol. The molecule has 0 bridgehead atoms. The Labute approximate surface area is 152 Å². The second-order valence-electron chi connectivity index (χ2n) is 6.16. The minimum atomic E-state index is -0.263. The van der Waals surface area contributed by atoms with Gasteiger partial charge in [0.2, 0.25) is 0 Å². The van der Waals surface area contributed by atoms with E-state index in [9.17, 15) is 9.18 Å². The summed E-state index contributed by atoms with van der Waals surface area (Å²) in [6.45, 7) is 4.44. The smallest absolute Gasteiger partial charge is 0.257 e. The summed E-state index contributed by atoms with van der Waals surface area (Å²) in [6, 6.07) is 13.9. The molecule has 1 heterocycles. The Balaban J connectivity index is 1.70. The van der Waals surface area contributed by atoms with E-state index in [1.54, 1.807) is 24.4 Å². The molecule has 0 atom stereocenters. The summed E-state index contributed by atoms with van der Waals surface area (Å²) < 4.78 is 13.0. The molecule has 1 aromatic heterocycles. The summed E-state index contributed by atoms with van der Waals surface area (Å²) in [6.07, 6.45) is 3.19. The average molecular weight is 349 g/mol. The molecule has 0 aliphatic carbocycles. The van der Waals surface area contributed by atoms with Gasteiger partial charge in [-0.15, -0.1) is 0 Å². The molecule has 5 heteroatoms. The van der Waals surface area contributed by atoms with Gasteiger partial charge in [-0.3, -0.25) is 9.78 Å². The zero-order valence-electron chi connectivity index (χ0n) is 14.7. The molecule has 1 amide bonds. The first-order valence-corrected chi connectivity index (χ1v) is 8.34. The van der Waals surface area contributed by atoms with Gasteiger partial charge >= 0.3 is 0 Å². The quantitative estimate of drug-likeness (QED) is 0.702. The second kappa shape index (κ2) is 7.78. The van der Waals surface area contributed by atoms with Crippen molar-refractivity contribution in [1.82, 2.24) is 4.98 Å². The standard InChI is InChI=1S/C21H20FN3O/c1-14-4-3-5-15(2)20(14)25-21(26)17-10-19(13-23-12-17)24-11-16-6-8-18(22)9-7-16/h3-10,12-13,24H,11H2,1-2H3,(H,25,26). The molecule has 2 aromatic carbocycles. The van der Waals surface area contributed by atoms with Crippen molar-refractivity contribution in [2.24, 2.45) is 0 Å². The van der Waals surface area contributed by atoms with E-state index >= 15 is 0 Å². The van der Waals surface area contributed by atoms with Crippen molar-refractivity contribution in [3.05, 3.63) is 89.0 Å². The first-order valence-electron chi connectivity index (χ1n) is 8.34. The van der Waals surface area contributed by atoms with E-state index in [1.807, 2.05) is 32.0 Å². The summed E-state index contributed by atoms with van der Waals surface area (Å²) in [5.41, 5.74) is 4.98. The van der Waals surface area contributed by atoms with E-state index in [-0.39, 0.29) is 11.7 Å². The lowest BCUT2D eigenvalue weighted by Crippen LogP contribution is -2.14. The number of rotatable bonds is 5. The molecular formula is C21H20FN3O. The van der Waals surface area contributed by atoms with Crippen molar-refractivity contribution in [2.75, 3.05) is 10.6 Å². The topological polar surface area (TPSA) is 54.0 Å². The Kier molecular flexibility index (Phi) is 5.27. The molecule has 0 saturated heterocycles. The van der Waals surface area contributed by atoms with Gasteiger partial charge in [0.25, 0.3) is 5.91 Å². The van der Waals surface area contributed by atoms with E-state index in [0.29, 0.717) is 12.1 Å². The third-order valence-electron chi connectivity index (χ3n) is 4.13. The molecule has 0 saturated carbocycles. The molecule has 0 aliphatic rings. The van der Waals surface area contributed by atoms with E-state index in [0.717, 1.165) is 28.1 Å². The van der Waals surface area contributed by atoms with E-state index < -0.39 is 0 Å². The predicted octanol–water partition coefficient (Wildman–Crippen LogP) is 4.70. The van der Waals surface area contributed by atoms with Gasteiger partial charge < -0.3 is 10.6 Å². The van der Waals surface area contributed by atoms with Crippen molar-refractivity contribution in [1.29, 1.82) is 0 Å². The van der Waals surface area contributed by atoms with Crippen LogP contribution in [0.5, 0.6) is 0 Å². The number of aromatic nitrogens is 1. The first-order chi connectivity index (χ1) is 12.5. The van der Waals surface area contributed by atoms with Crippen molar-refractivity contribution in [3.8, 4) is 0 Å². The largest absolute Gasteiger partial charge is 0.380 e. The summed E-state index contributed by atoms with van der Waals surface area (Å²) in [4.78, 5) is 16.7. The summed E-state index contributed by atoms with van der Waals surface area (Å²) in [5.74, 6) is -0.471. The molecule has 2 N–H and O–H groups in total. The number of anilines is 2. The number of halogens is 1. The van der Waals surface area contributed by atoms with Crippen LogP contribution >= 0.6 is 0 Å². The number of carbonyl (C=O) groups is 1. The molecule has 132 valence electrons. The highest BCUT2D eigenvalue weighted by Gasteiger charge is 2.10. The van der Waals surface area contributed by atoms with Crippen LogP contribution in [0.15, 0.2) is 60.9 Å². The van der Waals surface area contributed by atoms with Crippen LogP contribution in [0.2, 0.25) is 0 Å². The van der Waals surface area contributed by atoms with Crippen LogP contribution in [-0.2, 0) is 6.54 Å². The maximum atomic E-state index is 13.0. The van der Waals surface area contributed by atoms with Crippen LogP contribution in [-0.4, -0.2) is 10.9 Å². The highest BCUT2D eigenvalue weighted by molar-refractivity contribution is 6.05. The normalized spacial score (nSPS) is 10.4. The van der Waals surface area contributed by atoms with Crippen LogP contribution < -0.4 is 10.6 Å². The highest BCUT2D eigenvalue weighted by atomic mass is 19.1. The average Bonchev–Trinajstić information content (AvgIpc) is 2.64. The van der Waals surface area contributed by atoms with E-state index in [1.165, 1.54) is 18.3 Å². The number of nitrogens with zero attached hydrogens (tertiary/aromatic N) is 1. The van der Waals surface area contributed by atoms with Crippen molar-refractivity contribution < 1.29 is 9.18 Å². The summed E-state index contributed by atoms with van der Waals surface area (Å²) in [5, 5.41) is 6.15. The highest BCUT2D eigenvalue weighted by Crippen LogP contribution is 2.21. The maximum Gasteiger partial charge on any atom is 0.257 e. The maximum absolute atomic E-state index is 13.0. The van der Waals surface area contributed by atoms with Gasteiger partial charge in [-0.25, -0.2) is 4.39 Å². The Bertz CT molecular complexity index is 903. The number of hydrogen-bond acceptors (Lipinski definition) is 3. The molecule has 0 spiro atoms. The SMILES string of the molecule is Cc1cccc(C)c1NC(=O)c1cncc(NCc2ccc(F)cc2)c1. The molecule has 3 aromatic rings. The number of hydrogen-bond donors (Lipinski definition) is 2. The number of carbonyl (C=O) groups excluding carboxylic acids is 1. The minimum Gasteiger partial charge on any atom is -0.380 e.